The molecule has 0 aromatic carbocycles. The standard InChI is InChI=1S/C13H15N5O2/c1-20-13-9(3-2-6-14-13)7-15-12(19)11-16-10(17-18-11)8-4-5-8/h2-3,6,8H,4-5,7H2,1H3,(H,15,19)(H,16,17,18). The van der Waals surface area contributed by atoms with Gasteiger partial charge in [0.2, 0.25) is 11.7 Å². The van der Waals surface area contributed by atoms with Crippen LogP contribution in [0.1, 0.15) is 40.8 Å². The highest BCUT2D eigenvalue weighted by molar-refractivity contribution is 5.90. The zero-order valence-electron chi connectivity index (χ0n) is 11.1. The second-order valence-corrected chi connectivity index (χ2v) is 4.67. The minimum Gasteiger partial charge on any atom is -0.481 e. The van der Waals surface area contributed by atoms with Crippen molar-refractivity contribution in [3.8, 4) is 5.88 Å². The third kappa shape index (κ3) is 2.61. The summed E-state index contributed by atoms with van der Waals surface area (Å²) in [5.41, 5.74) is 0.807. The van der Waals surface area contributed by atoms with Gasteiger partial charge in [-0.3, -0.25) is 9.89 Å². The third-order valence-corrected chi connectivity index (χ3v) is 3.15. The lowest BCUT2D eigenvalue weighted by molar-refractivity contribution is 0.0940. The van der Waals surface area contributed by atoms with Crippen LogP contribution in [0.4, 0.5) is 0 Å². The van der Waals surface area contributed by atoms with E-state index in [1.807, 2.05) is 6.07 Å². The number of ether oxygens (including phenoxy) is 1. The minimum absolute atomic E-state index is 0.176. The quantitative estimate of drug-likeness (QED) is 0.848. The van der Waals surface area contributed by atoms with Gasteiger partial charge in [-0.25, -0.2) is 9.97 Å². The topological polar surface area (TPSA) is 92.8 Å². The Kier molecular flexibility index (Phi) is 3.32. The van der Waals surface area contributed by atoms with Crippen molar-refractivity contribution in [2.75, 3.05) is 7.11 Å². The van der Waals surface area contributed by atoms with Gasteiger partial charge in [-0.1, -0.05) is 6.07 Å². The molecule has 0 spiro atoms. The van der Waals surface area contributed by atoms with Crippen LogP contribution < -0.4 is 10.1 Å². The molecule has 2 N–H and O–H groups in total. The largest absolute Gasteiger partial charge is 0.481 e. The zero-order valence-corrected chi connectivity index (χ0v) is 11.1. The Morgan fingerprint density at radius 3 is 3.15 bits per heavy atom. The number of pyridine rings is 1. The number of nitrogens with one attached hydrogen (secondary N) is 2. The van der Waals surface area contributed by atoms with Gasteiger partial charge in [-0.2, -0.15) is 0 Å². The number of H-pyrrole nitrogens is 1. The predicted molar refractivity (Wildman–Crippen MR) is 70.3 cm³/mol. The predicted octanol–water partition coefficient (Wildman–Crippen LogP) is 1.02. The number of aromatic amines is 1. The first-order valence-electron chi connectivity index (χ1n) is 6.46. The van der Waals surface area contributed by atoms with Crippen molar-refractivity contribution in [2.24, 2.45) is 0 Å². The van der Waals surface area contributed by atoms with E-state index in [0.29, 0.717) is 18.3 Å². The highest BCUT2D eigenvalue weighted by atomic mass is 16.5. The van der Waals surface area contributed by atoms with E-state index in [1.54, 1.807) is 19.4 Å². The van der Waals surface area contributed by atoms with Crippen LogP contribution in [0.15, 0.2) is 18.3 Å². The van der Waals surface area contributed by atoms with Crippen molar-refractivity contribution in [1.82, 2.24) is 25.5 Å². The van der Waals surface area contributed by atoms with Crippen molar-refractivity contribution in [1.29, 1.82) is 0 Å². The summed E-state index contributed by atoms with van der Waals surface area (Å²) in [5, 5.41) is 9.51. The normalized spacial score (nSPS) is 14.1. The van der Waals surface area contributed by atoms with Gasteiger partial charge in [0.05, 0.1) is 7.11 Å². The molecule has 0 bridgehead atoms. The minimum atomic E-state index is -0.306. The van der Waals surface area contributed by atoms with E-state index in [0.717, 1.165) is 24.2 Å². The van der Waals surface area contributed by atoms with Crippen LogP contribution in [-0.4, -0.2) is 33.2 Å². The molecule has 2 aromatic rings. The van der Waals surface area contributed by atoms with Gasteiger partial charge in [-0.15, -0.1) is 5.10 Å². The molecule has 2 heterocycles. The lowest BCUT2D eigenvalue weighted by Gasteiger charge is -2.06. The molecule has 20 heavy (non-hydrogen) atoms. The number of carbonyl (C=O) groups is 1. The number of aromatic nitrogens is 4. The highest BCUT2D eigenvalue weighted by Crippen LogP contribution is 2.37. The third-order valence-electron chi connectivity index (χ3n) is 3.15. The summed E-state index contributed by atoms with van der Waals surface area (Å²) in [6.45, 7) is 0.323. The number of methoxy groups -OCH3 is 1. The van der Waals surface area contributed by atoms with Gasteiger partial charge in [0.15, 0.2) is 0 Å². The van der Waals surface area contributed by atoms with E-state index in [-0.39, 0.29) is 11.7 Å². The molecule has 1 saturated carbocycles. The Balaban J connectivity index is 1.63. The van der Waals surface area contributed by atoms with E-state index in [1.165, 1.54) is 0 Å². The van der Waals surface area contributed by atoms with E-state index in [4.69, 9.17) is 4.74 Å². The van der Waals surface area contributed by atoms with Gasteiger partial charge in [0.25, 0.3) is 5.91 Å². The maximum atomic E-state index is 12.0. The van der Waals surface area contributed by atoms with Gasteiger partial charge >= 0.3 is 0 Å². The maximum Gasteiger partial charge on any atom is 0.291 e. The highest BCUT2D eigenvalue weighted by Gasteiger charge is 2.28. The Labute approximate surface area is 115 Å². The average Bonchev–Trinajstić information content (AvgIpc) is 3.22. The average molecular weight is 273 g/mol. The van der Waals surface area contributed by atoms with Crippen LogP contribution in [0.25, 0.3) is 0 Å². The molecule has 3 rings (SSSR count). The molecule has 104 valence electrons. The molecule has 0 atom stereocenters. The Hall–Kier alpha value is -2.44. The SMILES string of the molecule is COc1ncccc1CNC(=O)c1n[nH]c(C2CC2)n1. The van der Waals surface area contributed by atoms with Crippen LogP contribution in [0.2, 0.25) is 0 Å². The molecular weight excluding hydrogens is 258 g/mol. The molecule has 1 amide bonds. The van der Waals surface area contributed by atoms with Crippen LogP contribution in [0, 0.1) is 0 Å². The van der Waals surface area contributed by atoms with Crippen LogP contribution >= 0.6 is 0 Å². The maximum absolute atomic E-state index is 12.0. The number of rotatable bonds is 5. The zero-order chi connectivity index (χ0) is 13.9. The number of amides is 1. The molecule has 7 nitrogen and oxygen atoms in total. The number of hydrogen-bond acceptors (Lipinski definition) is 5. The van der Waals surface area contributed by atoms with Gasteiger partial charge in [-0.05, 0) is 18.9 Å². The molecule has 0 unspecified atom stereocenters. The summed E-state index contributed by atoms with van der Waals surface area (Å²) in [6.07, 6.45) is 3.87. The molecule has 0 aliphatic heterocycles. The Bertz CT molecular complexity index is 621. The van der Waals surface area contributed by atoms with Crippen molar-refractivity contribution in [3.63, 3.8) is 0 Å². The second kappa shape index (κ2) is 5.28. The molecule has 7 heteroatoms. The lowest BCUT2D eigenvalue weighted by Crippen LogP contribution is -2.24. The van der Waals surface area contributed by atoms with Crippen molar-refractivity contribution in [2.45, 2.75) is 25.3 Å². The molecule has 1 aliphatic rings. The number of nitrogens with zero attached hydrogens (tertiary/aromatic N) is 3. The van der Waals surface area contributed by atoms with Crippen molar-refractivity contribution in [3.05, 3.63) is 35.5 Å². The summed E-state index contributed by atoms with van der Waals surface area (Å²) >= 11 is 0. The molecular formula is C13H15N5O2. The Morgan fingerprint density at radius 1 is 1.55 bits per heavy atom. The first-order chi connectivity index (χ1) is 9.78. The van der Waals surface area contributed by atoms with Gasteiger partial charge in [0.1, 0.15) is 5.82 Å². The van der Waals surface area contributed by atoms with E-state index in [9.17, 15) is 4.79 Å². The van der Waals surface area contributed by atoms with E-state index >= 15 is 0 Å². The second-order valence-electron chi connectivity index (χ2n) is 4.67. The van der Waals surface area contributed by atoms with E-state index in [2.05, 4.69) is 25.5 Å². The number of hydrogen-bond donors (Lipinski definition) is 2. The first kappa shape index (κ1) is 12.6. The van der Waals surface area contributed by atoms with Gasteiger partial charge in [0, 0.05) is 24.2 Å². The van der Waals surface area contributed by atoms with Crippen molar-refractivity contribution < 1.29 is 9.53 Å². The molecule has 1 aliphatic carbocycles. The summed E-state index contributed by atoms with van der Waals surface area (Å²) in [5.74, 6) is 1.62. The molecule has 1 fully saturated rings. The molecule has 0 radical (unpaired) electrons. The fraction of sp³-hybridized carbons (Fsp3) is 0.385. The fourth-order valence-electron chi connectivity index (χ4n) is 1.91. The summed E-state index contributed by atoms with van der Waals surface area (Å²) < 4.78 is 5.13. The molecule has 0 saturated heterocycles. The monoisotopic (exact) mass is 273 g/mol. The lowest BCUT2D eigenvalue weighted by atomic mass is 10.2. The first-order valence-corrected chi connectivity index (χ1v) is 6.46. The molecule has 2 aromatic heterocycles. The van der Waals surface area contributed by atoms with E-state index < -0.39 is 0 Å². The Morgan fingerprint density at radius 2 is 2.40 bits per heavy atom. The van der Waals surface area contributed by atoms with Gasteiger partial charge < -0.3 is 10.1 Å². The van der Waals surface area contributed by atoms with Crippen LogP contribution in [0.5, 0.6) is 5.88 Å². The smallest absolute Gasteiger partial charge is 0.291 e. The van der Waals surface area contributed by atoms with Crippen LogP contribution in [0.3, 0.4) is 0 Å². The summed E-state index contributed by atoms with van der Waals surface area (Å²) in [6, 6.07) is 3.64. The summed E-state index contributed by atoms with van der Waals surface area (Å²) in [4.78, 5) is 20.2. The summed E-state index contributed by atoms with van der Waals surface area (Å²) in [7, 11) is 1.55. The fourth-order valence-corrected chi connectivity index (χ4v) is 1.91. The van der Waals surface area contributed by atoms with Crippen molar-refractivity contribution >= 4 is 5.91 Å². The number of carbonyl (C=O) groups excluding carboxylic acids is 1. The van der Waals surface area contributed by atoms with Crippen LogP contribution in [-0.2, 0) is 6.54 Å².